The molecule has 316 valence electrons. The summed E-state index contributed by atoms with van der Waals surface area (Å²) in [4.78, 5) is 60.2. The van der Waals surface area contributed by atoms with Gasteiger partial charge in [-0.25, -0.2) is 4.79 Å². The molecule has 1 aliphatic heterocycles. The zero-order chi connectivity index (χ0) is 42.2. The van der Waals surface area contributed by atoms with Gasteiger partial charge in [-0.15, -0.1) is 0 Å². The molecule has 1 unspecified atom stereocenters. The van der Waals surface area contributed by atoms with Gasteiger partial charge in [0, 0.05) is 36.3 Å². The van der Waals surface area contributed by atoms with Crippen molar-refractivity contribution in [3.05, 3.63) is 102 Å². The molecule has 3 amide bonds. The number of nitrogens with zero attached hydrogens (tertiary/aromatic N) is 2. The van der Waals surface area contributed by atoms with Crippen LogP contribution in [-0.4, -0.2) is 81.5 Å². The molecule has 3 aromatic carbocycles. The van der Waals surface area contributed by atoms with Gasteiger partial charge >= 0.3 is 5.97 Å². The first-order valence-corrected chi connectivity index (χ1v) is 22.2. The highest BCUT2D eigenvalue weighted by atomic mass is 31.2. The summed E-state index contributed by atoms with van der Waals surface area (Å²) in [6.07, 6.45) is 3.65. The molecule has 1 aromatic heterocycles. The summed E-state index contributed by atoms with van der Waals surface area (Å²) in [5.74, 6) is -1.66. The van der Waals surface area contributed by atoms with Gasteiger partial charge in [0.25, 0.3) is 5.91 Å². The van der Waals surface area contributed by atoms with Crippen molar-refractivity contribution in [2.45, 2.75) is 65.5 Å². The third kappa shape index (κ3) is 12.5. The first kappa shape index (κ1) is 44.7. The predicted octanol–water partition coefficient (Wildman–Crippen LogP) is 6.94. The SMILES string of the molecule is CCCCC[C@@H](C(=O)NCNC(=O)c1ccc(-c2cc(OCC)cc(P(C)(=O)OCc3ccccc3)c2)o1)[C@@H](CC)N(C=O)OC(=O)c1ccc(N2CCOCC2)cc1. The second-order valence-corrected chi connectivity index (χ2v) is 16.7. The van der Waals surface area contributed by atoms with E-state index in [0.29, 0.717) is 67.9 Å². The summed E-state index contributed by atoms with van der Waals surface area (Å²) >= 11 is 0. The van der Waals surface area contributed by atoms with E-state index in [1.54, 1.807) is 43.1 Å². The van der Waals surface area contributed by atoms with Crippen LogP contribution in [0.3, 0.4) is 0 Å². The first-order chi connectivity index (χ1) is 28.6. The lowest BCUT2D eigenvalue weighted by Gasteiger charge is -2.32. The highest BCUT2D eigenvalue weighted by Crippen LogP contribution is 2.44. The fourth-order valence-electron chi connectivity index (χ4n) is 6.80. The summed E-state index contributed by atoms with van der Waals surface area (Å²) in [7, 11) is -3.30. The Hall–Kier alpha value is -5.43. The van der Waals surface area contributed by atoms with Gasteiger partial charge in [0.05, 0.1) is 50.6 Å². The molecule has 0 radical (unpaired) electrons. The number of unbranched alkanes of at least 4 members (excludes halogenated alkanes) is 2. The lowest BCUT2D eigenvalue weighted by molar-refractivity contribution is -0.171. The summed E-state index contributed by atoms with van der Waals surface area (Å²) < 4.78 is 36.8. The van der Waals surface area contributed by atoms with E-state index in [0.717, 1.165) is 42.2 Å². The van der Waals surface area contributed by atoms with Crippen molar-refractivity contribution < 1.29 is 47.0 Å². The van der Waals surface area contributed by atoms with Crippen LogP contribution in [0.2, 0.25) is 0 Å². The zero-order valence-corrected chi connectivity index (χ0v) is 35.1. The van der Waals surface area contributed by atoms with Gasteiger partial charge < -0.3 is 38.8 Å². The third-order valence-electron chi connectivity index (χ3n) is 10.1. The number of morpholine rings is 1. The number of rotatable bonds is 22. The van der Waals surface area contributed by atoms with Crippen LogP contribution in [0.5, 0.6) is 5.75 Å². The van der Waals surface area contributed by atoms with Crippen LogP contribution in [-0.2, 0) is 34.9 Å². The second-order valence-electron chi connectivity index (χ2n) is 14.2. The Morgan fingerprint density at radius 1 is 0.932 bits per heavy atom. The quantitative estimate of drug-likeness (QED) is 0.0277. The van der Waals surface area contributed by atoms with Crippen LogP contribution >= 0.6 is 7.37 Å². The lowest BCUT2D eigenvalue weighted by atomic mass is 9.90. The maximum Gasteiger partial charge on any atom is 0.363 e. The van der Waals surface area contributed by atoms with Crippen LogP contribution in [0, 0.1) is 5.92 Å². The molecular weight excluding hydrogens is 775 g/mol. The van der Waals surface area contributed by atoms with Gasteiger partial charge in [-0.2, -0.15) is 5.06 Å². The predicted molar refractivity (Wildman–Crippen MR) is 225 cm³/mol. The lowest BCUT2D eigenvalue weighted by Crippen LogP contribution is -2.49. The first-order valence-electron chi connectivity index (χ1n) is 20.2. The van der Waals surface area contributed by atoms with E-state index < -0.39 is 37.1 Å². The van der Waals surface area contributed by atoms with Crippen LogP contribution in [0.4, 0.5) is 5.69 Å². The van der Waals surface area contributed by atoms with Gasteiger partial charge in [0.15, 0.2) is 5.76 Å². The topological polar surface area (TPSA) is 166 Å². The molecule has 2 N–H and O–H groups in total. The number of ether oxygens (including phenoxy) is 2. The summed E-state index contributed by atoms with van der Waals surface area (Å²) in [5, 5.41) is 6.79. The van der Waals surface area contributed by atoms with Gasteiger partial charge in [-0.3, -0.25) is 18.9 Å². The number of nitrogens with one attached hydrogen (secondary N) is 2. The van der Waals surface area contributed by atoms with E-state index in [4.69, 9.17) is 23.3 Å². The van der Waals surface area contributed by atoms with Crippen molar-refractivity contribution in [2.75, 3.05) is 51.1 Å². The number of benzene rings is 3. The van der Waals surface area contributed by atoms with Gasteiger partial charge in [-0.1, -0.05) is 63.4 Å². The van der Waals surface area contributed by atoms with E-state index in [-0.39, 0.29) is 24.6 Å². The van der Waals surface area contributed by atoms with E-state index in [9.17, 15) is 23.7 Å². The van der Waals surface area contributed by atoms with Crippen LogP contribution in [0.15, 0.2) is 89.3 Å². The smallest absolute Gasteiger partial charge is 0.363 e. The molecule has 1 aliphatic rings. The van der Waals surface area contributed by atoms with Crippen LogP contribution < -0.4 is 25.6 Å². The highest BCUT2D eigenvalue weighted by Gasteiger charge is 2.34. The molecule has 1 saturated heterocycles. The molecule has 4 aromatic rings. The molecule has 0 aliphatic carbocycles. The summed E-state index contributed by atoms with van der Waals surface area (Å²) in [5.41, 5.74) is 2.64. The second kappa shape index (κ2) is 22.1. The fraction of sp³-hybridized carbons (Fsp3) is 0.409. The number of furan rings is 1. The van der Waals surface area contributed by atoms with Crippen molar-refractivity contribution in [2.24, 2.45) is 5.92 Å². The van der Waals surface area contributed by atoms with Crippen molar-refractivity contribution >= 4 is 42.6 Å². The number of hydrogen-bond acceptors (Lipinski definition) is 11. The number of hydroxylamine groups is 2. The van der Waals surface area contributed by atoms with E-state index in [1.807, 2.05) is 63.2 Å². The number of carbonyl (C=O) groups excluding carboxylic acids is 4. The minimum atomic E-state index is -3.30. The van der Waals surface area contributed by atoms with Crippen molar-refractivity contribution in [1.29, 1.82) is 0 Å². The normalized spacial score (nSPS) is 14.7. The average molecular weight is 831 g/mol. The van der Waals surface area contributed by atoms with Crippen LogP contribution in [0.25, 0.3) is 11.3 Å². The van der Waals surface area contributed by atoms with Crippen LogP contribution in [0.1, 0.15) is 79.4 Å². The molecule has 2 heterocycles. The maximum atomic E-state index is 13.8. The molecule has 14 nitrogen and oxygen atoms in total. The summed E-state index contributed by atoms with van der Waals surface area (Å²) in [6, 6.07) is 23.9. The Morgan fingerprint density at radius 2 is 1.68 bits per heavy atom. The van der Waals surface area contributed by atoms with Crippen molar-refractivity contribution in [1.82, 2.24) is 15.7 Å². The number of hydrogen-bond donors (Lipinski definition) is 2. The van der Waals surface area contributed by atoms with E-state index in [2.05, 4.69) is 15.5 Å². The average Bonchev–Trinajstić information content (AvgIpc) is 3.77. The fourth-order valence-corrected chi connectivity index (χ4v) is 8.08. The van der Waals surface area contributed by atoms with Gasteiger partial charge in [0.2, 0.25) is 19.7 Å². The number of amides is 3. The molecular formula is C44H55N4O10P. The molecule has 1 fully saturated rings. The zero-order valence-electron chi connectivity index (χ0n) is 34.2. The molecule has 59 heavy (non-hydrogen) atoms. The highest BCUT2D eigenvalue weighted by molar-refractivity contribution is 7.66. The Labute approximate surface area is 345 Å². The van der Waals surface area contributed by atoms with Crippen molar-refractivity contribution in [3.63, 3.8) is 0 Å². The number of carbonyl (C=O) groups is 4. The summed E-state index contributed by atoms with van der Waals surface area (Å²) in [6.45, 7) is 10.3. The Balaban J connectivity index is 1.21. The molecule has 5 rings (SSSR count). The third-order valence-corrected chi connectivity index (χ3v) is 11.9. The molecule has 0 saturated carbocycles. The molecule has 15 heteroatoms. The molecule has 0 bridgehead atoms. The Bertz CT molecular complexity index is 2030. The van der Waals surface area contributed by atoms with E-state index >= 15 is 0 Å². The van der Waals surface area contributed by atoms with Gasteiger partial charge in [0.1, 0.15) is 11.5 Å². The van der Waals surface area contributed by atoms with E-state index in [1.165, 1.54) is 6.07 Å². The largest absolute Gasteiger partial charge is 0.494 e. The number of anilines is 1. The Kier molecular flexibility index (Phi) is 16.7. The monoisotopic (exact) mass is 830 g/mol. The maximum absolute atomic E-state index is 13.8. The minimum absolute atomic E-state index is 0.0134. The van der Waals surface area contributed by atoms with Crippen molar-refractivity contribution in [3.8, 4) is 17.1 Å². The minimum Gasteiger partial charge on any atom is -0.494 e. The molecule has 3 atom stereocenters. The standard InChI is InChI=1S/C44H55N4O10P/c1-5-8-10-15-38(39(6-2)48(31-49)58-44(52)33-16-18-35(19-17-33)47-22-24-54-25-23-47)42(50)45-30-46-43(51)41-21-20-40(57-41)34-26-36(55-7-3)28-37(27-34)59(4,53)56-29-32-13-11-9-12-14-32/h9,11-14,16-21,26-28,31,38-39H,5-8,10,15,22-25,29-30H2,1-4H3,(H,45,50)(H,46,51)/t38-,39-,59?/m1/s1. The van der Waals surface area contributed by atoms with Gasteiger partial charge in [-0.05, 0) is 79.9 Å². The molecule has 0 spiro atoms. The Morgan fingerprint density at radius 3 is 2.36 bits per heavy atom.